The van der Waals surface area contributed by atoms with Crippen LogP contribution in [0.4, 0.5) is 4.79 Å². The molecule has 0 radical (unpaired) electrons. The van der Waals surface area contributed by atoms with Crippen molar-refractivity contribution in [1.82, 2.24) is 4.90 Å². The molecule has 1 amide bonds. The first-order valence-corrected chi connectivity index (χ1v) is 22.9. The van der Waals surface area contributed by atoms with Crippen LogP contribution in [0.2, 0.25) is 0 Å². The first-order valence-electron chi connectivity index (χ1n) is 21.9. The third-order valence-electron chi connectivity index (χ3n) is 11.9. The minimum absolute atomic E-state index is 0.0775. The second-order valence-electron chi connectivity index (χ2n) is 15.8. The molecule has 0 aromatic heterocycles. The van der Waals surface area contributed by atoms with E-state index in [1.165, 1.54) is 4.90 Å². The molecule has 0 bridgehead atoms. The minimum atomic E-state index is -1.36. The Morgan fingerprint density at radius 2 is 1.74 bits per heavy atom. The lowest BCUT2D eigenvalue weighted by Crippen LogP contribution is -2.70. The molecule has 3 aromatic carbocycles. The van der Waals surface area contributed by atoms with Crippen molar-refractivity contribution in [3.05, 3.63) is 114 Å². The Hall–Kier alpha value is -4.33. The molecule has 11 nitrogen and oxygen atoms in total. The van der Waals surface area contributed by atoms with Crippen molar-refractivity contribution in [1.29, 1.82) is 0 Å². The van der Waals surface area contributed by atoms with Crippen LogP contribution in [0.25, 0.3) is 0 Å². The van der Waals surface area contributed by atoms with Crippen molar-refractivity contribution in [2.45, 2.75) is 87.5 Å². The average molecular weight is 857 g/mol. The van der Waals surface area contributed by atoms with Gasteiger partial charge in [0.2, 0.25) is 5.79 Å². The van der Waals surface area contributed by atoms with Gasteiger partial charge < -0.3 is 38.7 Å². The SMILES string of the molecule is C=CCOC12Oc3ccc(OCCSc4ccccc4)cc3C3C(CCCCO)C(CCCCO)C=C(C(=NOC)CC1N(CCC)C(=O)OCCOCc1ccccc1)C32. The smallest absolute Gasteiger partial charge is 0.410 e. The van der Waals surface area contributed by atoms with E-state index in [1.807, 2.05) is 67.6 Å². The lowest BCUT2D eigenvalue weighted by molar-refractivity contribution is -0.255. The molecule has 2 aliphatic carbocycles. The van der Waals surface area contributed by atoms with Gasteiger partial charge in [0.15, 0.2) is 0 Å². The number of thioether (sulfide) groups is 1. The van der Waals surface area contributed by atoms with Crippen molar-refractivity contribution in [3.8, 4) is 11.5 Å². The summed E-state index contributed by atoms with van der Waals surface area (Å²) in [6.45, 7) is 8.12. The molecular weight excluding hydrogens is 793 g/mol. The first-order chi connectivity index (χ1) is 30.0. The number of aliphatic hydroxyl groups excluding tert-OH is 2. The van der Waals surface area contributed by atoms with E-state index in [4.69, 9.17) is 28.5 Å². The van der Waals surface area contributed by atoms with Gasteiger partial charge in [0.05, 0.1) is 38.1 Å². The van der Waals surface area contributed by atoms with Crippen LogP contribution in [0.15, 0.2) is 113 Å². The summed E-state index contributed by atoms with van der Waals surface area (Å²) < 4.78 is 32.6. The zero-order valence-corrected chi connectivity index (χ0v) is 36.6. The molecule has 3 aliphatic rings. The Morgan fingerprint density at radius 1 is 0.984 bits per heavy atom. The fourth-order valence-electron chi connectivity index (χ4n) is 9.33. The zero-order valence-electron chi connectivity index (χ0n) is 35.8. The topological polar surface area (TPSA) is 129 Å². The van der Waals surface area contributed by atoms with E-state index in [1.54, 1.807) is 29.8 Å². The van der Waals surface area contributed by atoms with E-state index in [-0.39, 0.29) is 50.8 Å². The number of ether oxygens (including phenoxy) is 5. The third-order valence-corrected chi connectivity index (χ3v) is 12.8. The van der Waals surface area contributed by atoms with Crippen LogP contribution in [-0.2, 0) is 25.7 Å². The quantitative estimate of drug-likeness (QED) is 0.0369. The van der Waals surface area contributed by atoms with E-state index in [2.05, 4.69) is 36.0 Å². The van der Waals surface area contributed by atoms with Gasteiger partial charge in [0.1, 0.15) is 31.3 Å². The normalized spacial score (nSPS) is 23.2. The van der Waals surface area contributed by atoms with Gasteiger partial charge in [-0.3, -0.25) is 4.90 Å². The largest absolute Gasteiger partial charge is 0.493 e. The van der Waals surface area contributed by atoms with Crippen LogP contribution in [0.5, 0.6) is 11.5 Å². The van der Waals surface area contributed by atoms with E-state index < -0.39 is 23.8 Å². The molecule has 6 unspecified atom stereocenters. The molecule has 330 valence electrons. The van der Waals surface area contributed by atoms with Crippen molar-refractivity contribution in [2.24, 2.45) is 22.9 Å². The Bertz CT molecular complexity index is 1880. The van der Waals surface area contributed by atoms with Gasteiger partial charge in [0.25, 0.3) is 0 Å². The molecule has 0 saturated heterocycles. The number of amides is 1. The highest BCUT2D eigenvalue weighted by molar-refractivity contribution is 7.99. The number of benzene rings is 3. The third kappa shape index (κ3) is 11.6. The van der Waals surface area contributed by atoms with Crippen LogP contribution >= 0.6 is 11.8 Å². The Labute approximate surface area is 366 Å². The minimum Gasteiger partial charge on any atom is -0.493 e. The number of hydrogen-bond acceptors (Lipinski definition) is 11. The van der Waals surface area contributed by atoms with E-state index >= 15 is 0 Å². The Kier molecular flexibility index (Phi) is 18.0. The van der Waals surface area contributed by atoms with Gasteiger partial charge >= 0.3 is 6.09 Å². The van der Waals surface area contributed by atoms with Crippen LogP contribution in [0.1, 0.15) is 75.3 Å². The summed E-state index contributed by atoms with van der Waals surface area (Å²) in [6.07, 6.45) is 9.32. The van der Waals surface area contributed by atoms with Gasteiger partial charge in [-0.05, 0) is 85.4 Å². The van der Waals surface area contributed by atoms with Gasteiger partial charge in [-0.1, -0.05) is 85.6 Å². The predicted octanol–water partition coefficient (Wildman–Crippen LogP) is 9.19. The van der Waals surface area contributed by atoms with E-state index in [9.17, 15) is 15.0 Å². The van der Waals surface area contributed by atoms with Crippen LogP contribution in [-0.4, -0.2) is 97.8 Å². The van der Waals surface area contributed by atoms with Crippen molar-refractivity contribution in [3.63, 3.8) is 0 Å². The van der Waals surface area contributed by atoms with Crippen molar-refractivity contribution < 1.29 is 43.5 Å². The van der Waals surface area contributed by atoms with Gasteiger partial charge in [0, 0.05) is 48.3 Å². The molecule has 1 fully saturated rings. The molecule has 12 heteroatoms. The molecule has 3 aromatic rings. The van der Waals surface area contributed by atoms with Gasteiger partial charge in [-0.25, -0.2) is 4.79 Å². The number of fused-ring (bicyclic) bond motifs is 2. The maximum atomic E-state index is 14.4. The summed E-state index contributed by atoms with van der Waals surface area (Å²) in [7, 11) is 1.55. The molecule has 6 atom stereocenters. The average Bonchev–Trinajstić information content (AvgIpc) is 3.28. The monoisotopic (exact) mass is 856 g/mol. The standard InChI is InChI=1S/C49H64N2O9S/c1-4-24-51(48(54)58-29-28-56-35-36-16-8-6-9-17-36)45-34-43(50-55-3)41-32-37(18-12-14-25-52)40(21-13-15-26-53)46-42-33-38(57-30-31-61-39-19-10-7-11-20-39)22-23-44(42)60-49(45,47(41)46)59-27-5-2/h5-11,16-17,19-20,22-23,32-33,37,40,45-47,52-53H,2,4,12-15,18,21,24-31,34-35H2,1,3H3. The van der Waals surface area contributed by atoms with Gasteiger partial charge in [-0.15, -0.1) is 18.3 Å². The highest BCUT2D eigenvalue weighted by Crippen LogP contribution is 2.62. The summed E-state index contributed by atoms with van der Waals surface area (Å²) in [4.78, 5) is 22.9. The van der Waals surface area contributed by atoms with Crippen LogP contribution < -0.4 is 9.47 Å². The number of carbonyl (C=O) groups is 1. The fourth-order valence-corrected chi connectivity index (χ4v) is 10.1. The van der Waals surface area contributed by atoms with E-state index in [0.29, 0.717) is 51.2 Å². The molecule has 0 spiro atoms. The molecule has 61 heavy (non-hydrogen) atoms. The van der Waals surface area contributed by atoms with Crippen LogP contribution in [0.3, 0.4) is 0 Å². The predicted molar refractivity (Wildman–Crippen MR) is 239 cm³/mol. The Morgan fingerprint density at radius 3 is 2.46 bits per heavy atom. The molecule has 1 heterocycles. The highest BCUT2D eigenvalue weighted by atomic mass is 32.2. The second-order valence-corrected chi connectivity index (χ2v) is 17.0. The Balaban J connectivity index is 1.39. The lowest BCUT2D eigenvalue weighted by atomic mass is 9.55. The van der Waals surface area contributed by atoms with Gasteiger partial charge in [-0.2, -0.15) is 0 Å². The van der Waals surface area contributed by atoms with Crippen molar-refractivity contribution >= 4 is 23.6 Å². The summed E-state index contributed by atoms with van der Waals surface area (Å²) in [5, 5.41) is 24.4. The number of aliphatic hydroxyl groups is 2. The fraction of sp³-hybridized carbons (Fsp3) is 0.510. The number of allylic oxidation sites excluding steroid dienone is 1. The summed E-state index contributed by atoms with van der Waals surface area (Å²) in [6, 6.07) is 25.6. The summed E-state index contributed by atoms with van der Waals surface area (Å²) in [5.41, 5.74) is 3.77. The molecular formula is C49H64N2O9S. The molecule has 6 rings (SSSR count). The maximum absolute atomic E-state index is 14.4. The molecule has 2 N–H and O–H groups in total. The number of carbonyl (C=O) groups excluding carboxylic acids is 1. The number of rotatable bonds is 25. The number of unbranched alkanes of at least 4 members (excludes halogenated alkanes) is 2. The zero-order chi connectivity index (χ0) is 42.9. The number of nitrogens with zero attached hydrogens (tertiary/aromatic N) is 2. The molecule has 1 aliphatic heterocycles. The number of oxime groups is 1. The van der Waals surface area contributed by atoms with Crippen molar-refractivity contribution in [2.75, 3.05) is 59.0 Å². The van der Waals surface area contributed by atoms with Crippen LogP contribution in [0, 0.1) is 17.8 Å². The molecule has 1 saturated carbocycles. The maximum Gasteiger partial charge on any atom is 0.410 e. The summed E-state index contributed by atoms with van der Waals surface area (Å²) in [5.74, 6) is 0.525. The first kappa shape index (κ1) is 46.2. The summed E-state index contributed by atoms with van der Waals surface area (Å²) >= 11 is 1.75. The lowest BCUT2D eigenvalue weighted by Gasteiger charge is -2.59. The number of hydrogen-bond donors (Lipinski definition) is 2. The second kappa shape index (κ2) is 23.8. The van der Waals surface area contributed by atoms with E-state index in [0.717, 1.165) is 59.6 Å². The highest BCUT2D eigenvalue weighted by Gasteiger charge is 2.65.